The minimum absolute atomic E-state index is 0.00901. The predicted octanol–water partition coefficient (Wildman–Crippen LogP) is 2.30. The van der Waals surface area contributed by atoms with E-state index in [9.17, 15) is 9.90 Å². The summed E-state index contributed by atoms with van der Waals surface area (Å²) in [6.45, 7) is 2.03. The largest absolute Gasteiger partial charge is 0.391 e. The Labute approximate surface area is 115 Å². The highest BCUT2D eigenvalue weighted by Crippen LogP contribution is 2.23. The fourth-order valence-electron chi connectivity index (χ4n) is 2.82. The van der Waals surface area contributed by atoms with Crippen LogP contribution in [-0.2, 0) is 11.2 Å². The molecule has 1 aliphatic carbocycles. The number of aliphatic hydroxyl groups is 1. The van der Waals surface area contributed by atoms with Crippen LogP contribution in [0.2, 0.25) is 0 Å². The van der Waals surface area contributed by atoms with Gasteiger partial charge in [0.2, 0.25) is 5.91 Å². The molecule has 1 saturated carbocycles. The number of benzene rings is 1. The molecule has 1 amide bonds. The molecule has 0 spiro atoms. The number of aryl methyl sites for hydroxylation is 1. The lowest BCUT2D eigenvalue weighted by molar-refractivity contribution is -0.134. The third-order valence-corrected chi connectivity index (χ3v) is 4.19. The quantitative estimate of drug-likeness (QED) is 0.907. The Morgan fingerprint density at radius 2 is 2.00 bits per heavy atom. The molecule has 1 aromatic carbocycles. The molecule has 3 nitrogen and oxygen atoms in total. The van der Waals surface area contributed by atoms with Crippen molar-refractivity contribution in [3.05, 3.63) is 35.4 Å². The first-order valence-corrected chi connectivity index (χ1v) is 7.08. The summed E-state index contributed by atoms with van der Waals surface area (Å²) in [5.41, 5.74) is 2.22. The standard InChI is InChI=1S/C16H23NO2/c1-12-7-3-4-8-13(12)11-16(19)17(2)14-9-5-6-10-15(14)18/h3-4,7-8,14-15,18H,5-6,9-11H2,1-2H3. The summed E-state index contributed by atoms with van der Waals surface area (Å²) in [6, 6.07) is 7.96. The van der Waals surface area contributed by atoms with Gasteiger partial charge in [-0.15, -0.1) is 0 Å². The van der Waals surface area contributed by atoms with Crippen molar-refractivity contribution in [2.75, 3.05) is 7.05 Å². The highest BCUT2D eigenvalue weighted by Gasteiger charge is 2.29. The van der Waals surface area contributed by atoms with Crippen LogP contribution in [0.3, 0.4) is 0 Å². The maximum Gasteiger partial charge on any atom is 0.227 e. The Morgan fingerprint density at radius 1 is 1.32 bits per heavy atom. The minimum Gasteiger partial charge on any atom is -0.391 e. The molecule has 1 N–H and O–H groups in total. The molecule has 2 unspecified atom stereocenters. The van der Waals surface area contributed by atoms with Crippen LogP contribution in [0.15, 0.2) is 24.3 Å². The Kier molecular flexibility index (Phi) is 4.59. The van der Waals surface area contributed by atoms with Crippen LogP contribution in [0, 0.1) is 6.92 Å². The van der Waals surface area contributed by atoms with Gasteiger partial charge >= 0.3 is 0 Å². The number of hydrogen-bond acceptors (Lipinski definition) is 2. The topological polar surface area (TPSA) is 40.5 Å². The van der Waals surface area contributed by atoms with E-state index in [1.165, 1.54) is 0 Å². The van der Waals surface area contributed by atoms with E-state index in [0.717, 1.165) is 36.8 Å². The first-order valence-electron chi connectivity index (χ1n) is 7.08. The third kappa shape index (κ3) is 3.35. The SMILES string of the molecule is Cc1ccccc1CC(=O)N(C)C1CCCCC1O. The molecular weight excluding hydrogens is 238 g/mol. The zero-order chi connectivity index (χ0) is 13.8. The van der Waals surface area contributed by atoms with E-state index >= 15 is 0 Å². The van der Waals surface area contributed by atoms with E-state index in [1.807, 2.05) is 38.2 Å². The average Bonchev–Trinajstić information content (AvgIpc) is 2.41. The molecule has 2 rings (SSSR count). The van der Waals surface area contributed by atoms with Crippen molar-refractivity contribution < 1.29 is 9.90 Å². The molecule has 2 atom stereocenters. The monoisotopic (exact) mass is 261 g/mol. The van der Waals surface area contributed by atoms with Gasteiger partial charge in [-0.25, -0.2) is 0 Å². The molecule has 0 bridgehead atoms. The average molecular weight is 261 g/mol. The first-order chi connectivity index (χ1) is 9.09. The molecule has 0 heterocycles. The van der Waals surface area contributed by atoms with Crippen molar-refractivity contribution >= 4 is 5.91 Å². The summed E-state index contributed by atoms with van der Waals surface area (Å²) in [7, 11) is 1.82. The summed E-state index contributed by atoms with van der Waals surface area (Å²) < 4.78 is 0. The molecule has 1 aliphatic rings. The van der Waals surface area contributed by atoms with Gasteiger partial charge in [0.1, 0.15) is 0 Å². The number of aliphatic hydroxyl groups excluding tert-OH is 1. The van der Waals surface area contributed by atoms with E-state index in [0.29, 0.717) is 6.42 Å². The van der Waals surface area contributed by atoms with Crippen molar-refractivity contribution in [3.8, 4) is 0 Å². The van der Waals surface area contributed by atoms with Gasteiger partial charge in [-0.05, 0) is 30.9 Å². The van der Waals surface area contributed by atoms with Crippen molar-refractivity contribution in [2.24, 2.45) is 0 Å². The highest BCUT2D eigenvalue weighted by molar-refractivity contribution is 5.79. The second kappa shape index (κ2) is 6.20. The Balaban J connectivity index is 2.01. The third-order valence-electron chi connectivity index (χ3n) is 4.19. The number of carbonyl (C=O) groups excluding carboxylic acids is 1. The molecule has 0 aromatic heterocycles. The van der Waals surface area contributed by atoms with Crippen molar-refractivity contribution in [3.63, 3.8) is 0 Å². The van der Waals surface area contributed by atoms with Crippen LogP contribution in [0.5, 0.6) is 0 Å². The van der Waals surface area contributed by atoms with Crippen LogP contribution < -0.4 is 0 Å². The Bertz CT molecular complexity index is 444. The van der Waals surface area contributed by atoms with Gasteiger partial charge in [-0.1, -0.05) is 37.1 Å². The molecule has 3 heteroatoms. The minimum atomic E-state index is -0.362. The second-order valence-electron chi connectivity index (χ2n) is 5.53. The number of carbonyl (C=O) groups is 1. The maximum absolute atomic E-state index is 12.3. The van der Waals surface area contributed by atoms with Gasteiger partial charge in [0, 0.05) is 7.05 Å². The molecule has 19 heavy (non-hydrogen) atoms. The normalized spacial score (nSPS) is 23.1. The van der Waals surface area contributed by atoms with Crippen molar-refractivity contribution in [1.82, 2.24) is 4.90 Å². The van der Waals surface area contributed by atoms with E-state index < -0.39 is 0 Å². The summed E-state index contributed by atoms with van der Waals surface area (Å²) in [4.78, 5) is 14.1. The smallest absolute Gasteiger partial charge is 0.227 e. The Morgan fingerprint density at radius 3 is 2.68 bits per heavy atom. The van der Waals surface area contributed by atoms with Crippen LogP contribution in [0.4, 0.5) is 0 Å². The van der Waals surface area contributed by atoms with Crippen molar-refractivity contribution in [2.45, 2.75) is 51.2 Å². The van der Waals surface area contributed by atoms with Gasteiger partial charge in [0.05, 0.1) is 18.6 Å². The number of amides is 1. The summed E-state index contributed by atoms with van der Waals surface area (Å²) in [5.74, 6) is 0.0975. The molecule has 1 aromatic rings. The van der Waals surface area contributed by atoms with Crippen LogP contribution >= 0.6 is 0 Å². The number of nitrogens with zero attached hydrogens (tertiary/aromatic N) is 1. The summed E-state index contributed by atoms with van der Waals surface area (Å²) in [6.07, 6.45) is 3.96. The van der Waals surface area contributed by atoms with E-state index in [1.54, 1.807) is 4.90 Å². The molecule has 104 valence electrons. The number of hydrogen-bond donors (Lipinski definition) is 1. The second-order valence-corrected chi connectivity index (χ2v) is 5.53. The van der Waals surface area contributed by atoms with Crippen LogP contribution in [-0.4, -0.2) is 35.1 Å². The predicted molar refractivity (Wildman–Crippen MR) is 75.9 cm³/mol. The summed E-state index contributed by atoms with van der Waals surface area (Å²) in [5, 5.41) is 10.0. The van der Waals surface area contributed by atoms with E-state index in [4.69, 9.17) is 0 Å². The highest BCUT2D eigenvalue weighted by atomic mass is 16.3. The first kappa shape index (κ1) is 14.1. The maximum atomic E-state index is 12.3. The van der Waals surface area contributed by atoms with Crippen LogP contribution in [0.1, 0.15) is 36.8 Å². The van der Waals surface area contributed by atoms with Crippen LogP contribution in [0.25, 0.3) is 0 Å². The molecule has 0 saturated heterocycles. The lowest BCUT2D eigenvalue weighted by atomic mass is 9.91. The van der Waals surface area contributed by atoms with Gasteiger partial charge in [-0.2, -0.15) is 0 Å². The fraction of sp³-hybridized carbons (Fsp3) is 0.562. The van der Waals surface area contributed by atoms with Crippen molar-refractivity contribution in [1.29, 1.82) is 0 Å². The van der Waals surface area contributed by atoms with Gasteiger partial charge < -0.3 is 10.0 Å². The van der Waals surface area contributed by atoms with Gasteiger partial charge in [-0.3, -0.25) is 4.79 Å². The van der Waals surface area contributed by atoms with E-state index in [-0.39, 0.29) is 18.1 Å². The Hall–Kier alpha value is -1.35. The van der Waals surface area contributed by atoms with E-state index in [2.05, 4.69) is 0 Å². The number of rotatable bonds is 3. The number of likely N-dealkylation sites (N-methyl/N-ethyl adjacent to an activating group) is 1. The van der Waals surface area contributed by atoms with Gasteiger partial charge in [0.25, 0.3) is 0 Å². The lowest BCUT2D eigenvalue weighted by Gasteiger charge is -2.35. The fourth-order valence-corrected chi connectivity index (χ4v) is 2.82. The zero-order valence-corrected chi connectivity index (χ0v) is 11.8. The van der Waals surface area contributed by atoms with Gasteiger partial charge in [0.15, 0.2) is 0 Å². The molecule has 1 fully saturated rings. The molecule has 0 aliphatic heterocycles. The zero-order valence-electron chi connectivity index (χ0n) is 11.8. The lowest BCUT2D eigenvalue weighted by Crippen LogP contribution is -2.46. The molecular formula is C16H23NO2. The summed E-state index contributed by atoms with van der Waals surface area (Å²) >= 11 is 0. The molecule has 0 radical (unpaired) electrons.